The third kappa shape index (κ3) is 4.00. The Morgan fingerprint density at radius 3 is 2.50 bits per heavy atom. The molecule has 0 atom stereocenters. The fourth-order valence-electron chi connectivity index (χ4n) is 2.00. The van der Waals surface area contributed by atoms with Crippen molar-refractivity contribution in [2.24, 2.45) is 0 Å². The van der Waals surface area contributed by atoms with Crippen molar-refractivity contribution >= 4 is 0 Å². The standard InChI is InChI=1S/C17H21NO2/c1-3-19-17-10-9-16(13-14(17)11-12-18-2)20-15-7-5-4-6-8-15/h4-10,13,18H,3,11-12H2,1-2H3. The Hall–Kier alpha value is -2.00. The van der Waals surface area contributed by atoms with Crippen LogP contribution in [0.4, 0.5) is 0 Å². The van der Waals surface area contributed by atoms with Crippen LogP contribution in [0.1, 0.15) is 12.5 Å². The minimum atomic E-state index is 0.672. The van der Waals surface area contributed by atoms with Gasteiger partial charge in [0.1, 0.15) is 17.2 Å². The maximum atomic E-state index is 5.86. The second kappa shape index (κ2) is 7.56. The summed E-state index contributed by atoms with van der Waals surface area (Å²) in [6.07, 6.45) is 0.915. The molecule has 0 unspecified atom stereocenters. The molecule has 0 aliphatic carbocycles. The van der Waals surface area contributed by atoms with E-state index in [0.29, 0.717) is 6.61 Å². The summed E-state index contributed by atoms with van der Waals surface area (Å²) in [7, 11) is 1.95. The molecule has 0 aromatic heterocycles. The van der Waals surface area contributed by atoms with E-state index in [1.165, 1.54) is 0 Å². The number of hydrogen-bond donors (Lipinski definition) is 1. The fourth-order valence-corrected chi connectivity index (χ4v) is 2.00. The Labute approximate surface area is 120 Å². The number of ether oxygens (including phenoxy) is 2. The van der Waals surface area contributed by atoms with Crippen molar-refractivity contribution in [1.82, 2.24) is 5.32 Å². The van der Waals surface area contributed by atoms with E-state index in [-0.39, 0.29) is 0 Å². The summed E-state index contributed by atoms with van der Waals surface area (Å²) in [5, 5.41) is 3.16. The van der Waals surface area contributed by atoms with Gasteiger partial charge in [-0.1, -0.05) is 18.2 Å². The molecule has 106 valence electrons. The van der Waals surface area contributed by atoms with E-state index in [4.69, 9.17) is 9.47 Å². The molecule has 0 aliphatic rings. The van der Waals surface area contributed by atoms with Crippen LogP contribution in [0.2, 0.25) is 0 Å². The van der Waals surface area contributed by atoms with Gasteiger partial charge in [0.05, 0.1) is 6.61 Å². The third-order valence-corrected chi connectivity index (χ3v) is 2.96. The highest BCUT2D eigenvalue weighted by Gasteiger charge is 2.06. The summed E-state index contributed by atoms with van der Waals surface area (Å²) >= 11 is 0. The smallest absolute Gasteiger partial charge is 0.127 e. The zero-order chi connectivity index (χ0) is 14.2. The summed E-state index contributed by atoms with van der Waals surface area (Å²) in [5.41, 5.74) is 1.16. The first kappa shape index (κ1) is 14.4. The van der Waals surface area contributed by atoms with Crippen molar-refractivity contribution in [3.8, 4) is 17.2 Å². The van der Waals surface area contributed by atoms with Gasteiger partial charge in [0.2, 0.25) is 0 Å². The van der Waals surface area contributed by atoms with Crippen LogP contribution in [0.3, 0.4) is 0 Å². The molecule has 0 bridgehead atoms. The van der Waals surface area contributed by atoms with E-state index < -0.39 is 0 Å². The highest BCUT2D eigenvalue weighted by molar-refractivity contribution is 5.42. The zero-order valence-electron chi connectivity index (χ0n) is 12.1. The van der Waals surface area contributed by atoms with Crippen LogP contribution in [0.15, 0.2) is 48.5 Å². The number of hydrogen-bond acceptors (Lipinski definition) is 3. The molecule has 2 aromatic carbocycles. The lowest BCUT2D eigenvalue weighted by Crippen LogP contribution is -2.11. The van der Waals surface area contributed by atoms with Gasteiger partial charge in [0, 0.05) is 0 Å². The highest BCUT2D eigenvalue weighted by atomic mass is 16.5. The second-order valence-corrected chi connectivity index (χ2v) is 4.47. The molecule has 0 heterocycles. The van der Waals surface area contributed by atoms with Crippen LogP contribution < -0.4 is 14.8 Å². The molecular weight excluding hydrogens is 250 g/mol. The molecule has 3 nitrogen and oxygen atoms in total. The van der Waals surface area contributed by atoms with Crippen molar-refractivity contribution in [3.63, 3.8) is 0 Å². The predicted molar refractivity (Wildman–Crippen MR) is 81.8 cm³/mol. The van der Waals surface area contributed by atoms with Crippen LogP contribution in [-0.2, 0) is 6.42 Å². The number of nitrogens with one attached hydrogen (secondary N) is 1. The second-order valence-electron chi connectivity index (χ2n) is 4.47. The average Bonchev–Trinajstić information content (AvgIpc) is 2.48. The van der Waals surface area contributed by atoms with Crippen LogP contribution in [0.5, 0.6) is 17.2 Å². The number of benzene rings is 2. The summed E-state index contributed by atoms with van der Waals surface area (Å²) < 4.78 is 11.5. The Balaban J connectivity index is 2.17. The van der Waals surface area contributed by atoms with Crippen molar-refractivity contribution in [2.45, 2.75) is 13.3 Å². The number of likely N-dealkylation sites (N-methyl/N-ethyl adjacent to an activating group) is 1. The quantitative estimate of drug-likeness (QED) is 0.834. The lowest BCUT2D eigenvalue weighted by molar-refractivity contribution is 0.335. The Morgan fingerprint density at radius 2 is 1.80 bits per heavy atom. The van der Waals surface area contributed by atoms with Crippen LogP contribution in [0.25, 0.3) is 0 Å². The van der Waals surface area contributed by atoms with Gasteiger partial charge in [0.15, 0.2) is 0 Å². The lowest BCUT2D eigenvalue weighted by atomic mass is 10.1. The first-order valence-electron chi connectivity index (χ1n) is 6.96. The van der Waals surface area contributed by atoms with E-state index in [1.54, 1.807) is 0 Å². The molecule has 0 fully saturated rings. The summed E-state index contributed by atoms with van der Waals surface area (Å²) in [4.78, 5) is 0. The van der Waals surface area contributed by atoms with E-state index >= 15 is 0 Å². The van der Waals surface area contributed by atoms with Crippen LogP contribution >= 0.6 is 0 Å². The lowest BCUT2D eigenvalue weighted by Gasteiger charge is -2.13. The van der Waals surface area contributed by atoms with Gasteiger partial charge < -0.3 is 14.8 Å². The Kier molecular flexibility index (Phi) is 5.44. The Morgan fingerprint density at radius 1 is 1.00 bits per heavy atom. The first-order chi connectivity index (χ1) is 9.83. The van der Waals surface area contributed by atoms with Gasteiger partial charge in [-0.3, -0.25) is 0 Å². The van der Waals surface area contributed by atoms with Gasteiger partial charge in [-0.2, -0.15) is 0 Å². The SMILES string of the molecule is CCOc1ccc(Oc2ccccc2)cc1CCNC. The zero-order valence-corrected chi connectivity index (χ0v) is 12.1. The van der Waals surface area contributed by atoms with Gasteiger partial charge in [-0.25, -0.2) is 0 Å². The van der Waals surface area contributed by atoms with Gasteiger partial charge in [0.25, 0.3) is 0 Å². The molecule has 1 N–H and O–H groups in total. The first-order valence-corrected chi connectivity index (χ1v) is 6.96. The van der Waals surface area contributed by atoms with Crippen LogP contribution in [0, 0.1) is 0 Å². The van der Waals surface area contributed by atoms with E-state index in [9.17, 15) is 0 Å². The molecule has 2 rings (SSSR count). The highest BCUT2D eigenvalue weighted by Crippen LogP contribution is 2.28. The molecular formula is C17H21NO2. The summed E-state index contributed by atoms with van der Waals surface area (Å²) in [6.45, 7) is 3.58. The maximum absolute atomic E-state index is 5.86. The van der Waals surface area contributed by atoms with E-state index in [1.807, 2.05) is 56.4 Å². The molecule has 0 radical (unpaired) electrons. The van der Waals surface area contributed by atoms with Crippen molar-refractivity contribution < 1.29 is 9.47 Å². The molecule has 0 aliphatic heterocycles. The maximum Gasteiger partial charge on any atom is 0.127 e. The molecule has 0 amide bonds. The fraction of sp³-hybridized carbons (Fsp3) is 0.294. The molecule has 0 spiro atoms. The van der Waals surface area contributed by atoms with Gasteiger partial charge in [-0.05, 0) is 62.8 Å². The van der Waals surface area contributed by atoms with Crippen molar-refractivity contribution in [3.05, 3.63) is 54.1 Å². The van der Waals surface area contributed by atoms with E-state index in [0.717, 1.165) is 35.8 Å². The van der Waals surface area contributed by atoms with Crippen molar-refractivity contribution in [2.75, 3.05) is 20.2 Å². The minimum Gasteiger partial charge on any atom is -0.494 e. The topological polar surface area (TPSA) is 30.5 Å². The molecule has 2 aromatic rings. The summed E-state index contributed by atoms with van der Waals surface area (Å²) in [5.74, 6) is 2.62. The van der Waals surface area contributed by atoms with Crippen molar-refractivity contribution in [1.29, 1.82) is 0 Å². The normalized spacial score (nSPS) is 10.3. The average molecular weight is 271 g/mol. The molecule has 0 saturated carbocycles. The van der Waals surface area contributed by atoms with E-state index in [2.05, 4.69) is 11.4 Å². The molecule has 0 saturated heterocycles. The molecule has 20 heavy (non-hydrogen) atoms. The van der Waals surface area contributed by atoms with Gasteiger partial charge >= 0.3 is 0 Å². The third-order valence-electron chi connectivity index (χ3n) is 2.96. The monoisotopic (exact) mass is 271 g/mol. The minimum absolute atomic E-state index is 0.672. The predicted octanol–water partition coefficient (Wildman–Crippen LogP) is 3.64. The Bertz CT molecular complexity index is 526. The number of rotatable bonds is 7. The summed E-state index contributed by atoms with van der Waals surface area (Å²) in [6, 6.07) is 15.8. The van der Waals surface area contributed by atoms with Gasteiger partial charge in [-0.15, -0.1) is 0 Å². The van der Waals surface area contributed by atoms with Crippen LogP contribution in [-0.4, -0.2) is 20.2 Å². The molecule has 3 heteroatoms. The largest absolute Gasteiger partial charge is 0.494 e. The number of para-hydroxylation sites is 1.